The molecule has 1 aromatic heterocycles. The van der Waals surface area contributed by atoms with Crippen molar-refractivity contribution in [2.45, 2.75) is 44.9 Å². The summed E-state index contributed by atoms with van der Waals surface area (Å²) in [5.41, 5.74) is 5.71. The highest BCUT2D eigenvalue weighted by Gasteiger charge is 2.23. The molecule has 4 heteroatoms. The van der Waals surface area contributed by atoms with Crippen LogP contribution < -0.4 is 5.73 Å². The standard InChI is InChI=1S/C11H19N3O/c1-8-13-11(15-14-8)10-4-2-3-9(7-12)5-6-10/h9-10H,2-7,12H2,1H3. The van der Waals surface area contributed by atoms with E-state index in [1.165, 1.54) is 19.3 Å². The molecule has 0 aromatic carbocycles. The summed E-state index contributed by atoms with van der Waals surface area (Å²) < 4.78 is 5.24. The van der Waals surface area contributed by atoms with E-state index in [1.54, 1.807) is 0 Å². The molecule has 4 nitrogen and oxygen atoms in total. The monoisotopic (exact) mass is 209 g/mol. The zero-order valence-electron chi connectivity index (χ0n) is 9.28. The van der Waals surface area contributed by atoms with Gasteiger partial charge in [0.25, 0.3) is 0 Å². The summed E-state index contributed by atoms with van der Waals surface area (Å²) in [7, 11) is 0. The number of hydrogen-bond donors (Lipinski definition) is 1. The van der Waals surface area contributed by atoms with E-state index in [-0.39, 0.29) is 0 Å². The lowest BCUT2D eigenvalue weighted by atomic mass is 9.98. The van der Waals surface area contributed by atoms with Gasteiger partial charge in [0.2, 0.25) is 5.89 Å². The summed E-state index contributed by atoms with van der Waals surface area (Å²) in [5.74, 6) is 2.72. The molecule has 1 aromatic rings. The Bertz CT molecular complexity index is 311. The van der Waals surface area contributed by atoms with Crippen molar-refractivity contribution in [3.8, 4) is 0 Å². The molecule has 0 bridgehead atoms. The van der Waals surface area contributed by atoms with Gasteiger partial charge in [0.1, 0.15) is 0 Å². The lowest BCUT2D eigenvalue weighted by molar-refractivity contribution is 0.336. The molecule has 1 aliphatic rings. The first kappa shape index (κ1) is 10.6. The SMILES string of the molecule is Cc1noc(C2CCCC(CN)CC2)n1. The molecule has 15 heavy (non-hydrogen) atoms. The van der Waals surface area contributed by atoms with Crippen molar-refractivity contribution in [2.75, 3.05) is 6.54 Å². The van der Waals surface area contributed by atoms with E-state index in [0.29, 0.717) is 11.8 Å². The normalized spacial score (nSPS) is 27.6. The zero-order valence-corrected chi connectivity index (χ0v) is 9.28. The predicted molar refractivity (Wildman–Crippen MR) is 57.4 cm³/mol. The average Bonchev–Trinajstić information content (AvgIpc) is 2.54. The van der Waals surface area contributed by atoms with Gasteiger partial charge in [-0.25, -0.2) is 0 Å². The fourth-order valence-electron chi connectivity index (χ4n) is 2.34. The molecule has 2 N–H and O–H groups in total. The third kappa shape index (κ3) is 2.56. The molecule has 0 saturated heterocycles. The van der Waals surface area contributed by atoms with Gasteiger partial charge >= 0.3 is 0 Å². The average molecular weight is 209 g/mol. The fourth-order valence-corrected chi connectivity index (χ4v) is 2.34. The van der Waals surface area contributed by atoms with Crippen molar-refractivity contribution >= 4 is 0 Å². The molecule has 1 saturated carbocycles. The minimum atomic E-state index is 0.461. The van der Waals surface area contributed by atoms with E-state index in [4.69, 9.17) is 10.3 Å². The Morgan fingerprint density at radius 1 is 1.33 bits per heavy atom. The van der Waals surface area contributed by atoms with Gasteiger partial charge in [0, 0.05) is 5.92 Å². The lowest BCUT2D eigenvalue weighted by Gasteiger charge is -2.10. The van der Waals surface area contributed by atoms with Crippen molar-refractivity contribution in [3.63, 3.8) is 0 Å². The third-order valence-electron chi connectivity index (χ3n) is 3.31. The van der Waals surface area contributed by atoms with Gasteiger partial charge in [-0.05, 0) is 45.1 Å². The molecule has 0 aliphatic heterocycles. The largest absolute Gasteiger partial charge is 0.339 e. The topological polar surface area (TPSA) is 64.9 Å². The molecule has 0 spiro atoms. The Balaban J connectivity index is 1.99. The van der Waals surface area contributed by atoms with E-state index >= 15 is 0 Å². The van der Waals surface area contributed by atoms with Crippen molar-refractivity contribution in [3.05, 3.63) is 11.7 Å². The van der Waals surface area contributed by atoms with Crippen molar-refractivity contribution < 1.29 is 4.52 Å². The van der Waals surface area contributed by atoms with E-state index in [9.17, 15) is 0 Å². The van der Waals surface area contributed by atoms with Crippen LogP contribution in [0.25, 0.3) is 0 Å². The highest BCUT2D eigenvalue weighted by molar-refractivity contribution is 4.94. The molecule has 1 aliphatic carbocycles. The molecule has 2 unspecified atom stereocenters. The van der Waals surface area contributed by atoms with Crippen LogP contribution in [-0.2, 0) is 0 Å². The molecule has 0 amide bonds. The van der Waals surface area contributed by atoms with Gasteiger partial charge in [-0.1, -0.05) is 11.6 Å². The number of nitrogens with zero attached hydrogens (tertiary/aromatic N) is 2. The smallest absolute Gasteiger partial charge is 0.229 e. The first-order valence-corrected chi connectivity index (χ1v) is 5.80. The maximum Gasteiger partial charge on any atom is 0.229 e. The van der Waals surface area contributed by atoms with Gasteiger partial charge in [-0.3, -0.25) is 0 Å². The Labute approximate surface area is 90.2 Å². The molecule has 2 atom stereocenters. The van der Waals surface area contributed by atoms with Crippen LogP contribution in [0.4, 0.5) is 0 Å². The molecular formula is C11H19N3O. The van der Waals surface area contributed by atoms with E-state index in [2.05, 4.69) is 10.1 Å². The van der Waals surface area contributed by atoms with Crippen LogP contribution in [0.3, 0.4) is 0 Å². The van der Waals surface area contributed by atoms with Crippen LogP contribution in [-0.4, -0.2) is 16.7 Å². The van der Waals surface area contributed by atoms with Gasteiger partial charge < -0.3 is 10.3 Å². The Morgan fingerprint density at radius 3 is 2.87 bits per heavy atom. The molecular weight excluding hydrogens is 190 g/mol. The van der Waals surface area contributed by atoms with Gasteiger partial charge in [-0.2, -0.15) is 4.98 Å². The van der Waals surface area contributed by atoms with Crippen molar-refractivity contribution in [1.29, 1.82) is 0 Å². The first-order valence-electron chi connectivity index (χ1n) is 5.80. The summed E-state index contributed by atoms with van der Waals surface area (Å²) in [6, 6.07) is 0. The number of hydrogen-bond acceptors (Lipinski definition) is 4. The Hall–Kier alpha value is -0.900. The van der Waals surface area contributed by atoms with Crippen LogP contribution in [0.1, 0.15) is 49.7 Å². The summed E-state index contributed by atoms with van der Waals surface area (Å²) in [6.07, 6.45) is 5.98. The summed E-state index contributed by atoms with van der Waals surface area (Å²) in [6.45, 7) is 2.68. The van der Waals surface area contributed by atoms with Crippen LogP contribution in [0.5, 0.6) is 0 Å². The van der Waals surface area contributed by atoms with E-state index < -0.39 is 0 Å². The number of nitrogens with two attached hydrogens (primary N) is 1. The first-order chi connectivity index (χ1) is 7.29. The van der Waals surface area contributed by atoms with Crippen LogP contribution in [0.2, 0.25) is 0 Å². The Morgan fingerprint density at radius 2 is 2.20 bits per heavy atom. The summed E-state index contributed by atoms with van der Waals surface area (Å²) >= 11 is 0. The van der Waals surface area contributed by atoms with Crippen molar-refractivity contribution in [2.24, 2.45) is 11.7 Å². The van der Waals surface area contributed by atoms with Crippen LogP contribution in [0.15, 0.2) is 4.52 Å². The maximum absolute atomic E-state index is 5.71. The fraction of sp³-hybridized carbons (Fsp3) is 0.818. The van der Waals surface area contributed by atoms with Crippen LogP contribution >= 0.6 is 0 Å². The highest BCUT2D eigenvalue weighted by Crippen LogP contribution is 2.32. The van der Waals surface area contributed by atoms with Gasteiger partial charge in [0.15, 0.2) is 5.82 Å². The van der Waals surface area contributed by atoms with E-state index in [0.717, 1.165) is 31.1 Å². The maximum atomic E-state index is 5.71. The highest BCUT2D eigenvalue weighted by atomic mass is 16.5. The summed E-state index contributed by atoms with van der Waals surface area (Å²) in [5, 5.41) is 3.85. The van der Waals surface area contributed by atoms with Gasteiger partial charge in [-0.15, -0.1) is 0 Å². The predicted octanol–water partition coefficient (Wildman–Crippen LogP) is 2.00. The second-order valence-corrected chi connectivity index (χ2v) is 4.49. The number of rotatable bonds is 2. The van der Waals surface area contributed by atoms with Crippen LogP contribution in [0, 0.1) is 12.8 Å². The number of aromatic nitrogens is 2. The van der Waals surface area contributed by atoms with Gasteiger partial charge in [0.05, 0.1) is 0 Å². The molecule has 84 valence electrons. The summed E-state index contributed by atoms with van der Waals surface area (Å²) in [4.78, 5) is 4.32. The zero-order chi connectivity index (χ0) is 10.7. The quantitative estimate of drug-likeness (QED) is 0.756. The molecule has 1 fully saturated rings. The molecule has 2 rings (SSSR count). The minimum Gasteiger partial charge on any atom is -0.339 e. The van der Waals surface area contributed by atoms with E-state index in [1.807, 2.05) is 6.92 Å². The van der Waals surface area contributed by atoms with Crippen molar-refractivity contribution in [1.82, 2.24) is 10.1 Å². The lowest BCUT2D eigenvalue weighted by Crippen LogP contribution is -2.13. The second-order valence-electron chi connectivity index (χ2n) is 4.49. The number of aryl methyl sites for hydroxylation is 1. The minimum absolute atomic E-state index is 0.461. The molecule has 1 heterocycles. The molecule has 0 radical (unpaired) electrons. The third-order valence-corrected chi connectivity index (χ3v) is 3.31. The second kappa shape index (κ2) is 4.75. The Kier molecular flexibility index (Phi) is 3.36.